The number of carbonyl (C=O) groups excluding carboxylic acids is 1. The van der Waals surface area contributed by atoms with Gasteiger partial charge in [0.2, 0.25) is 5.91 Å². The van der Waals surface area contributed by atoms with Gasteiger partial charge in [-0.3, -0.25) is 4.79 Å². The van der Waals surface area contributed by atoms with Gasteiger partial charge < -0.3 is 20.1 Å². The standard InChI is InChI=1S/C20H24N2O3/c1-24-18-8-14(9-19(10-18)25-2)4-6-20(23)22-11-15-3-5-16-12-21-13-17(16)7-15/h3,5,7-10,21H,4,6,11-13H2,1-2H3,(H,22,23). The van der Waals surface area contributed by atoms with Gasteiger partial charge in [-0.2, -0.15) is 0 Å². The van der Waals surface area contributed by atoms with Crippen LogP contribution >= 0.6 is 0 Å². The third kappa shape index (κ3) is 4.51. The molecule has 2 aromatic carbocycles. The second-order valence-electron chi connectivity index (χ2n) is 6.20. The van der Waals surface area contributed by atoms with Crippen molar-refractivity contribution in [1.82, 2.24) is 10.6 Å². The van der Waals surface area contributed by atoms with E-state index in [2.05, 4.69) is 28.8 Å². The van der Waals surface area contributed by atoms with E-state index in [4.69, 9.17) is 9.47 Å². The Morgan fingerprint density at radius 1 is 1.00 bits per heavy atom. The minimum atomic E-state index is 0.0420. The molecule has 0 saturated heterocycles. The van der Waals surface area contributed by atoms with Gasteiger partial charge in [-0.1, -0.05) is 18.2 Å². The zero-order valence-electron chi connectivity index (χ0n) is 14.7. The molecule has 0 atom stereocenters. The van der Waals surface area contributed by atoms with Crippen LogP contribution in [0.25, 0.3) is 0 Å². The molecule has 25 heavy (non-hydrogen) atoms. The number of aryl methyl sites for hydroxylation is 1. The van der Waals surface area contributed by atoms with E-state index in [1.165, 1.54) is 11.1 Å². The average molecular weight is 340 g/mol. The fourth-order valence-corrected chi connectivity index (χ4v) is 3.02. The Labute approximate surface area is 148 Å². The fourth-order valence-electron chi connectivity index (χ4n) is 3.02. The highest BCUT2D eigenvalue weighted by atomic mass is 16.5. The smallest absolute Gasteiger partial charge is 0.220 e. The molecule has 0 bridgehead atoms. The first kappa shape index (κ1) is 17.3. The summed E-state index contributed by atoms with van der Waals surface area (Å²) in [6, 6.07) is 12.1. The van der Waals surface area contributed by atoms with Crippen molar-refractivity contribution in [2.45, 2.75) is 32.5 Å². The van der Waals surface area contributed by atoms with Crippen LogP contribution in [0, 0.1) is 0 Å². The van der Waals surface area contributed by atoms with Crippen molar-refractivity contribution in [3.05, 3.63) is 58.7 Å². The van der Waals surface area contributed by atoms with Gasteiger partial charge in [0.05, 0.1) is 14.2 Å². The molecule has 1 amide bonds. The first-order chi connectivity index (χ1) is 12.2. The van der Waals surface area contributed by atoms with Crippen LogP contribution in [0.3, 0.4) is 0 Å². The molecule has 5 heteroatoms. The van der Waals surface area contributed by atoms with Gasteiger partial charge in [0.1, 0.15) is 11.5 Å². The van der Waals surface area contributed by atoms with E-state index in [-0.39, 0.29) is 5.91 Å². The number of carbonyl (C=O) groups is 1. The first-order valence-corrected chi connectivity index (χ1v) is 8.48. The van der Waals surface area contributed by atoms with Crippen molar-refractivity contribution in [2.24, 2.45) is 0 Å². The average Bonchev–Trinajstić information content (AvgIpc) is 3.12. The molecule has 2 aromatic rings. The van der Waals surface area contributed by atoms with Gasteiger partial charge in [-0.25, -0.2) is 0 Å². The van der Waals surface area contributed by atoms with Gasteiger partial charge in [-0.15, -0.1) is 0 Å². The van der Waals surface area contributed by atoms with Gasteiger partial charge in [0.25, 0.3) is 0 Å². The van der Waals surface area contributed by atoms with Crippen molar-refractivity contribution in [3.63, 3.8) is 0 Å². The number of hydrogen-bond acceptors (Lipinski definition) is 4. The Kier molecular flexibility index (Phi) is 5.56. The second-order valence-corrected chi connectivity index (χ2v) is 6.20. The Bertz CT molecular complexity index is 736. The lowest BCUT2D eigenvalue weighted by atomic mass is 10.1. The van der Waals surface area contributed by atoms with Gasteiger partial charge in [0, 0.05) is 32.1 Å². The van der Waals surface area contributed by atoms with Gasteiger partial charge >= 0.3 is 0 Å². The maximum absolute atomic E-state index is 12.1. The van der Waals surface area contributed by atoms with Crippen molar-refractivity contribution in [3.8, 4) is 11.5 Å². The lowest BCUT2D eigenvalue weighted by Gasteiger charge is -2.09. The molecule has 1 heterocycles. The molecule has 0 aliphatic carbocycles. The van der Waals surface area contributed by atoms with Crippen molar-refractivity contribution >= 4 is 5.91 Å². The van der Waals surface area contributed by atoms with E-state index in [0.717, 1.165) is 35.7 Å². The Hall–Kier alpha value is -2.53. The summed E-state index contributed by atoms with van der Waals surface area (Å²) in [5.41, 5.74) is 4.84. The predicted octanol–water partition coefficient (Wildman–Crippen LogP) is 2.56. The highest BCUT2D eigenvalue weighted by Crippen LogP contribution is 2.23. The molecule has 1 aliphatic rings. The van der Waals surface area contributed by atoms with Crippen LogP contribution in [0.5, 0.6) is 11.5 Å². The topological polar surface area (TPSA) is 59.6 Å². The van der Waals surface area contributed by atoms with Crippen LogP contribution in [0.15, 0.2) is 36.4 Å². The number of rotatable bonds is 7. The number of methoxy groups -OCH3 is 2. The summed E-state index contributed by atoms with van der Waals surface area (Å²) in [5, 5.41) is 6.32. The Morgan fingerprint density at radius 2 is 1.72 bits per heavy atom. The van der Waals surface area contributed by atoms with Crippen LogP contribution in [0.1, 0.15) is 28.7 Å². The Morgan fingerprint density at radius 3 is 2.44 bits per heavy atom. The van der Waals surface area contributed by atoms with Crippen LogP contribution in [-0.2, 0) is 30.8 Å². The summed E-state index contributed by atoms with van der Waals surface area (Å²) in [5.74, 6) is 1.52. The molecule has 0 unspecified atom stereocenters. The molecule has 5 nitrogen and oxygen atoms in total. The zero-order valence-corrected chi connectivity index (χ0v) is 14.7. The van der Waals surface area contributed by atoms with E-state index in [0.29, 0.717) is 19.4 Å². The quantitative estimate of drug-likeness (QED) is 0.813. The summed E-state index contributed by atoms with van der Waals surface area (Å²) in [4.78, 5) is 12.1. The highest BCUT2D eigenvalue weighted by molar-refractivity contribution is 5.76. The summed E-state index contributed by atoms with van der Waals surface area (Å²) in [6.45, 7) is 2.41. The molecule has 0 aromatic heterocycles. The van der Waals surface area contributed by atoms with E-state index >= 15 is 0 Å². The normalized spacial score (nSPS) is 12.6. The molecule has 132 valence electrons. The monoisotopic (exact) mass is 340 g/mol. The van der Waals surface area contributed by atoms with E-state index in [9.17, 15) is 4.79 Å². The minimum absolute atomic E-state index is 0.0420. The summed E-state index contributed by atoms with van der Waals surface area (Å²) in [6.07, 6.45) is 1.08. The number of nitrogens with one attached hydrogen (secondary N) is 2. The molecule has 1 aliphatic heterocycles. The fraction of sp³-hybridized carbons (Fsp3) is 0.350. The largest absolute Gasteiger partial charge is 0.497 e. The maximum Gasteiger partial charge on any atom is 0.220 e. The number of fused-ring (bicyclic) bond motifs is 1. The number of benzene rings is 2. The minimum Gasteiger partial charge on any atom is -0.497 e. The van der Waals surface area contributed by atoms with E-state index in [1.807, 2.05) is 18.2 Å². The van der Waals surface area contributed by atoms with Crippen LogP contribution in [0.4, 0.5) is 0 Å². The van der Waals surface area contributed by atoms with Crippen LogP contribution < -0.4 is 20.1 Å². The molecule has 0 fully saturated rings. The van der Waals surface area contributed by atoms with E-state index in [1.54, 1.807) is 14.2 Å². The molecule has 0 radical (unpaired) electrons. The van der Waals surface area contributed by atoms with Crippen molar-refractivity contribution < 1.29 is 14.3 Å². The van der Waals surface area contributed by atoms with Crippen molar-refractivity contribution in [2.75, 3.05) is 14.2 Å². The number of hydrogen-bond donors (Lipinski definition) is 2. The third-order valence-electron chi connectivity index (χ3n) is 4.44. The van der Waals surface area contributed by atoms with Crippen LogP contribution in [-0.4, -0.2) is 20.1 Å². The maximum atomic E-state index is 12.1. The molecular weight excluding hydrogens is 316 g/mol. The van der Waals surface area contributed by atoms with Crippen molar-refractivity contribution in [1.29, 1.82) is 0 Å². The summed E-state index contributed by atoms with van der Waals surface area (Å²) >= 11 is 0. The molecular formula is C20H24N2O3. The van der Waals surface area contributed by atoms with Gasteiger partial charge in [-0.05, 0) is 40.8 Å². The SMILES string of the molecule is COc1cc(CCC(=O)NCc2ccc3c(c2)CNC3)cc(OC)c1. The van der Waals surface area contributed by atoms with E-state index < -0.39 is 0 Å². The lowest BCUT2D eigenvalue weighted by Crippen LogP contribution is -2.23. The molecule has 3 rings (SSSR count). The Balaban J connectivity index is 1.51. The zero-order chi connectivity index (χ0) is 17.6. The number of ether oxygens (including phenoxy) is 2. The lowest BCUT2D eigenvalue weighted by molar-refractivity contribution is -0.121. The molecule has 2 N–H and O–H groups in total. The number of amides is 1. The van der Waals surface area contributed by atoms with Gasteiger partial charge in [0.15, 0.2) is 0 Å². The third-order valence-corrected chi connectivity index (χ3v) is 4.44. The second kappa shape index (κ2) is 8.03. The molecule has 0 saturated carbocycles. The summed E-state index contributed by atoms with van der Waals surface area (Å²) in [7, 11) is 3.24. The van der Waals surface area contributed by atoms with Crippen LogP contribution in [0.2, 0.25) is 0 Å². The summed E-state index contributed by atoms with van der Waals surface area (Å²) < 4.78 is 10.5. The highest BCUT2D eigenvalue weighted by Gasteiger charge is 2.10. The predicted molar refractivity (Wildman–Crippen MR) is 96.7 cm³/mol. The molecule has 0 spiro atoms. The first-order valence-electron chi connectivity index (χ1n) is 8.48.